The second-order valence-corrected chi connectivity index (χ2v) is 6.27. The highest BCUT2D eigenvalue weighted by atomic mass is 19.1. The van der Waals surface area contributed by atoms with Crippen LogP contribution in [0, 0.1) is 5.82 Å². The molecule has 0 fully saturated rings. The van der Waals surface area contributed by atoms with E-state index in [1.165, 1.54) is 13.2 Å². The van der Waals surface area contributed by atoms with Gasteiger partial charge in [0.1, 0.15) is 23.9 Å². The summed E-state index contributed by atoms with van der Waals surface area (Å²) in [5.74, 6) is 0.288. The van der Waals surface area contributed by atoms with Crippen molar-refractivity contribution in [1.82, 2.24) is 24.7 Å². The molecule has 0 aliphatic heterocycles. The lowest BCUT2D eigenvalue weighted by molar-refractivity contribution is 0.221. The number of anilines is 3. The van der Waals surface area contributed by atoms with Gasteiger partial charge in [-0.05, 0) is 18.2 Å². The van der Waals surface area contributed by atoms with Gasteiger partial charge in [-0.2, -0.15) is 5.10 Å². The summed E-state index contributed by atoms with van der Waals surface area (Å²) in [5.41, 5.74) is 14.0. The summed E-state index contributed by atoms with van der Waals surface area (Å²) < 4.78 is 20.7. The summed E-state index contributed by atoms with van der Waals surface area (Å²) in [6.45, 7) is 0.417. The Morgan fingerprint density at radius 3 is 2.59 bits per heavy atom. The molecule has 3 heterocycles. The molecule has 0 unspecified atom stereocenters. The van der Waals surface area contributed by atoms with Crippen molar-refractivity contribution < 1.29 is 9.13 Å². The minimum absolute atomic E-state index is 0.172. The van der Waals surface area contributed by atoms with Crippen molar-refractivity contribution in [1.29, 1.82) is 0 Å². The van der Waals surface area contributed by atoms with Gasteiger partial charge in [0, 0.05) is 18.9 Å². The van der Waals surface area contributed by atoms with Crippen molar-refractivity contribution in [2.24, 2.45) is 0 Å². The summed E-state index contributed by atoms with van der Waals surface area (Å²) in [6, 6.07) is 10.1. The minimum Gasteiger partial charge on any atom is -0.382 e. The van der Waals surface area contributed by atoms with Gasteiger partial charge in [0.05, 0.1) is 11.9 Å². The smallest absolute Gasteiger partial charge is 0.184 e. The van der Waals surface area contributed by atoms with Gasteiger partial charge in [-0.1, -0.05) is 18.2 Å². The van der Waals surface area contributed by atoms with Gasteiger partial charge in [-0.25, -0.2) is 24.0 Å². The maximum atomic E-state index is 14.1. The molecular weight excluding hydrogens is 375 g/mol. The molecule has 0 bridgehead atoms. The average molecular weight is 394 g/mol. The van der Waals surface area contributed by atoms with E-state index in [1.807, 2.05) is 6.07 Å². The number of nitrogen functional groups attached to an aromatic ring is 2. The lowest BCUT2D eigenvalue weighted by atomic mass is 10.2. The van der Waals surface area contributed by atoms with Crippen LogP contribution in [0.25, 0.3) is 22.6 Å². The third-order valence-electron chi connectivity index (χ3n) is 4.36. The predicted octanol–water partition coefficient (Wildman–Crippen LogP) is 2.26. The first-order chi connectivity index (χ1) is 14.1. The molecule has 5 N–H and O–H groups in total. The highest BCUT2D eigenvalue weighted by Gasteiger charge is 2.19. The molecule has 0 spiro atoms. The maximum absolute atomic E-state index is 14.1. The van der Waals surface area contributed by atoms with Gasteiger partial charge in [-0.3, -0.25) is 0 Å². The Kier molecular flexibility index (Phi) is 4.92. The highest BCUT2D eigenvalue weighted by molar-refractivity contribution is 5.90. The Morgan fingerprint density at radius 2 is 1.86 bits per heavy atom. The fraction of sp³-hybridized carbons (Fsp3) is 0.158. The Balaban J connectivity index is 1.80. The Bertz CT molecular complexity index is 1150. The maximum Gasteiger partial charge on any atom is 0.184 e. The van der Waals surface area contributed by atoms with E-state index in [4.69, 9.17) is 16.2 Å². The van der Waals surface area contributed by atoms with Crippen LogP contribution in [0.15, 0.2) is 42.6 Å². The largest absolute Gasteiger partial charge is 0.382 e. The van der Waals surface area contributed by atoms with Crippen molar-refractivity contribution in [3.63, 3.8) is 0 Å². The van der Waals surface area contributed by atoms with E-state index in [2.05, 4.69) is 25.4 Å². The van der Waals surface area contributed by atoms with Gasteiger partial charge in [0.15, 0.2) is 23.1 Å². The quantitative estimate of drug-likeness (QED) is 0.425. The zero-order valence-corrected chi connectivity index (χ0v) is 15.6. The van der Waals surface area contributed by atoms with Crippen molar-refractivity contribution in [2.45, 2.75) is 6.54 Å². The fourth-order valence-corrected chi connectivity index (χ4v) is 3.00. The molecule has 0 amide bonds. The van der Waals surface area contributed by atoms with Gasteiger partial charge >= 0.3 is 0 Å². The number of fused-ring (bicyclic) bond motifs is 1. The molecule has 1 aromatic carbocycles. The Morgan fingerprint density at radius 1 is 1.10 bits per heavy atom. The van der Waals surface area contributed by atoms with E-state index in [0.717, 1.165) is 0 Å². The molecule has 0 saturated carbocycles. The first-order valence-corrected chi connectivity index (χ1v) is 8.79. The fourth-order valence-electron chi connectivity index (χ4n) is 3.00. The molecular formula is C19H19FN8O. The summed E-state index contributed by atoms with van der Waals surface area (Å²) in [6.07, 6.45) is 1.65. The van der Waals surface area contributed by atoms with Crippen LogP contribution in [0.3, 0.4) is 0 Å². The standard InChI is InChI=1S/C19H19FN8O/c1-29-10-24-15-16(21)25-18(26-17(15)22)14-12-6-4-8-23-19(12)28(27-14)9-11-5-2-3-7-13(11)20/h2-8,24H,9-10H2,1H3,(H4,21,22,25,26). The molecule has 0 saturated heterocycles. The number of hydrogen-bond donors (Lipinski definition) is 3. The molecule has 3 aromatic heterocycles. The third kappa shape index (κ3) is 3.52. The van der Waals surface area contributed by atoms with Crippen LogP contribution in [0.4, 0.5) is 21.7 Å². The molecule has 4 rings (SSSR count). The van der Waals surface area contributed by atoms with Crippen LogP contribution in [0.5, 0.6) is 0 Å². The molecule has 0 aliphatic rings. The summed E-state index contributed by atoms with van der Waals surface area (Å²) in [4.78, 5) is 13.1. The number of methoxy groups -OCH3 is 1. The first kappa shape index (κ1) is 18.6. The number of nitrogens with two attached hydrogens (primary N) is 2. The number of benzene rings is 1. The molecule has 148 valence electrons. The van der Waals surface area contributed by atoms with Crippen molar-refractivity contribution in [2.75, 3.05) is 30.6 Å². The number of pyridine rings is 1. The Hall–Kier alpha value is -3.79. The predicted molar refractivity (Wildman–Crippen MR) is 108 cm³/mol. The van der Waals surface area contributed by atoms with Gasteiger partial charge < -0.3 is 21.5 Å². The lowest BCUT2D eigenvalue weighted by Crippen LogP contribution is -2.12. The highest BCUT2D eigenvalue weighted by Crippen LogP contribution is 2.30. The van der Waals surface area contributed by atoms with Crippen molar-refractivity contribution >= 4 is 28.4 Å². The average Bonchev–Trinajstić information content (AvgIpc) is 3.08. The van der Waals surface area contributed by atoms with Crippen LogP contribution < -0.4 is 16.8 Å². The molecule has 0 atom stereocenters. The van der Waals surface area contributed by atoms with E-state index in [-0.39, 0.29) is 36.6 Å². The molecule has 10 heteroatoms. The minimum atomic E-state index is -0.313. The van der Waals surface area contributed by atoms with Gasteiger partial charge in [0.25, 0.3) is 0 Å². The monoisotopic (exact) mass is 394 g/mol. The molecule has 0 radical (unpaired) electrons. The molecule has 0 aliphatic carbocycles. The van der Waals surface area contributed by atoms with E-state index >= 15 is 0 Å². The lowest BCUT2D eigenvalue weighted by Gasteiger charge is -2.11. The number of aromatic nitrogens is 5. The second-order valence-electron chi connectivity index (χ2n) is 6.27. The summed E-state index contributed by atoms with van der Waals surface area (Å²) in [5, 5.41) is 8.20. The van der Waals surface area contributed by atoms with Crippen molar-refractivity contribution in [3.05, 3.63) is 54.0 Å². The number of ether oxygens (including phenoxy) is 1. The van der Waals surface area contributed by atoms with E-state index in [9.17, 15) is 4.39 Å². The van der Waals surface area contributed by atoms with E-state index in [0.29, 0.717) is 28.0 Å². The topological polar surface area (TPSA) is 130 Å². The van der Waals surface area contributed by atoms with Crippen LogP contribution in [-0.4, -0.2) is 38.6 Å². The summed E-state index contributed by atoms with van der Waals surface area (Å²) in [7, 11) is 1.54. The number of halogens is 1. The van der Waals surface area contributed by atoms with Crippen LogP contribution in [0.1, 0.15) is 5.56 Å². The third-order valence-corrected chi connectivity index (χ3v) is 4.36. The second kappa shape index (κ2) is 7.68. The SMILES string of the molecule is COCNc1c(N)nc(-c2nn(Cc3ccccc3F)c3ncccc23)nc1N. The van der Waals surface area contributed by atoms with Crippen molar-refractivity contribution in [3.8, 4) is 11.5 Å². The first-order valence-electron chi connectivity index (χ1n) is 8.79. The van der Waals surface area contributed by atoms with E-state index < -0.39 is 0 Å². The van der Waals surface area contributed by atoms with E-state index in [1.54, 1.807) is 35.1 Å². The van der Waals surface area contributed by atoms with Gasteiger partial charge in [0.2, 0.25) is 0 Å². The van der Waals surface area contributed by atoms with Crippen LogP contribution in [-0.2, 0) is 11.3 Å². The van der Waals surface area contributed by atoms with Crippen LogP contribution >= 0.6 is 0 Å². The zero-order chi connectivity index (χ0) is 20.4. The zero-order valence-electron chi connectivity index (χ0n) is 15.6. The number of nitrogens with zero attached hydrogens (tertiary/aromatic N) is 5. The molecule has 29 heavy (non-hydrogen) atoms. The van der Waals surface area contributed by atoms with Gasteiger partial charge in [-0.15, -0.1) is 0 Å². The Labute approximate surface area is 165 Å². The number of hydrogen-bond acceptors (Lipinski definition) is 8. The molecule has 9 nitrogen and oxygen atoms in total. The normalized spacial score (nSPS) is 11.1. The van der Waals surface area contributed by atoms with Crippen LogP contribution in [0.2, 0.25) is 0 Å². The number of rotatable bonds is 6. The summed E-state index contributed by atoms with van der Waals surface area (Å²) >= 11 is 0. The number of nitrogens with one attached hydrogen (secondary N) is 1. The molecule has 4 aromatic rings.